The van der Waals surface area contributed by atoms with Crippen molar-refractivity contribution in [3.8, 4) is 5.75 Å². The second kappa shape index (κ2) is 7.59. The number of fused-ring (bicyclic) bond motifs is 1. The fourth-order valence-corrected chi connectivity index (χ4v) is 3.43. The summed E-state index contributed by atoms with van der Waals surface area (Å²) in [5.41, 5.74) is 0.860. The molecule has 1 aromatic heterocycles. The summed E-state index contributed by atoms with van der Waals surface area (Å²) in [5, 5.41) is 6.82. The summed E-state index contributed by atoms with van der Waals surface area (Å²) >= 11 is 0. The molecular weight excluding hydrogens is 366 g/mol. The zero-order valence-corrected chi connectivity index (χ0v) is 15.4. The van der Waals surface area contributed by atoms with Crippen molar-refractivity contribution >= 4 is 16.9 Å². The molecule has 2 heterocycles. The van der Waals surface area contributed by atoms with E-state index in [0.29, 0.717) is 28.0 Å². The highest BCUT2D eigenvalue weighted by molar-refractivity contribution is 6.07. The number of carbonyl (C=O) groups is 1. The van der Waals surface area contributed by atoms with Crippen LogP contribution in [0.4, 0.5) is 8.78 Å². The van der Waals surface area contributed by atoms with Crippen molar-refractivity contribution < 1.29 is 22.7 Å². The van der Waals surface area contributed by atoms with Crippen LogP contribution >= 0.6 is 0 Å². The predicted molar refractivity (Wildman–Crippen MR) is 100 cm³/mol. The van der Waals surface area contributed by atoms with Crippen LogP contribution in [0.1, 0.15) is 28.1 Å². The number of rotatable bonds is 5. The zero-order valence-electron chi connectivity index (χ0n) is 15.4. The number of hydrogen-bond donors (Lipinski definition) is 2. The molecule has 0 unspecified atom stereocenters. The number of nitrogens with one attached hydrogen (secondary N) is 2. The van der Waals surface area contributed by atoms with Crippen LogP contribution in [0.2, 0.25) is 0 Å². The summed E-state index contributed by atoms with van der Waals surface area (Å²) in [6, 6.07) is 8.75. The van der Waals surface area contributed by atoms with Crippen LogP contribution in [-0.4, -0.2) is 25.0 Å². The third-order valence-electron chi connectivity index (χ3n) is 4.90. The number of ether oxygens (including phenoxy) is 1. The van der Waals surface area contributed by atoms with Crippen molar-refractivity contribution in [1.82, 2.24) is 10.6 Å². The lowest BCUT2D eigenvalue weighted by molar-refractivity contribution is 0.0940. The Morgan fingerprint density at radius 2 is 2.07 bits per heavy atom. The first-order chi connectivity index (χ1) is 13.5. The molecule has 0 saturated carbocycles. The van der Waals surface area contributed by atoms with Gasteiger partial charge in [0.1, 0.15) is 35.3 Å². The Labute approximate surface area is 160 Å². The van der Waals surface area contributed by atoms with Crippen molar-refractivity contribution in [2.75, 3.05) is 13.1 Å². The maximum absolute atomic E-state index is 13.8. The van der Waals surface area contributed by atoms with E-state index in [9.17, 15) is 13.6 Å². The van der Waals surface area contributed by atoms with Crippen molar-refractivity contribution in [3.05, 3.63) is 64.9 Å². The van der Waals surface area contributed by atoms with Gasteiger partial charge in [-0.05, 0) is 50.2 Å². The lowest BCUT2D eigenvalue weighted by Gasteiger charge is -2.11. The van der Waals surface area contributed by atoms with E-state index in [-0.39, 0.29) is 24.1 Å². The number of furan rings is 1. The van der Waals surface area contributed by atoms with E-state index in [1.165, 1.54) is 18.2 Å². The Balaban J connectivity index is 1.58. The Morgan fingerprint density at radius 1 is 1.29 bits per heavy atom. The van der Waals surface area contributed by atoms with E-state index < -0.39 is 11.6 Å². The molecule has 3 aromatic rings. The van der Waals surface area contributed by atoms with Crippen LogP contribution in [-0.2, 0) is 6.61 Å². The van der Waals surface area contributed by atoms with E-state index in [1.807, 2.05) is 0 Å². The van der Waals surface area contributed by atoms with Gasteiger partial charge in [0.2, 0.25) is 0 Å². The Bertz CT molecular complexity index is 1010. The molecule has 28 heavy (non-hydrogen) atoms. The molecule has 1 atom stereocenters. The van der Waals surface area contributed by atoms with Gasteiger partial charge in [-0.25, -0.2) is 8.78 Å². The molecule has 2 aromatic carbocycles. The van der Waals surface area contributed by atoms with Gasteiger partial charge in [-0.3, -0.25) is 4.79 Å². The lowest BCUT2D eigenvalue weighted by Crippen LogP contribution is -2.36. The first kappa shape index (κ1) is 18.4. The highest BCUT2D eigenvalue weighted by Crippen LogP contribution is 2.30. The minimum atomic E-state index is -0.662. The smallest absolute Gasteiger partial charge is 0.255 e. The predicted octanol–water partition coefficient (Wildman–Crippen LogP) is 3.69. The normalized spacial score (nSPS) is 16.5. The first-order valence-corrected chi connectivity index (χ1v) is 9.13. The average Bonchev–Trinajstić information content (AvgIpc) is 3.27. The Hall–Kier alpha value is -2.93. The molecule has 2 N–H and O–H groups in total. The Morgan fingerprint density at radius 3 is 2.79 bits per heavy atom. The molecule has 0 aliphatic carbocycles. The lowest BCUT2D eigenvalue weighted by atomic mass is 10.1. The van der Waals surface area contributed by atoms with Crippen molar-refractivity contribution in [2.24, 2.45) is 0 Å². The molecule has 0 spiro atoms. The average molecular weight is 386 g/mol. The van der Waals surface area contributed by atoms with Gasteiger partial charge >= 0.3 is 0 Å². The Kier molecular flexibility index (Phi) is 5.00. The van der Waals surface area contributed by atoms with Gasteiger partial charge in [0.05, 0.1) is 11.1 Å². The quantitative estimate of drug-likeness (QED) is 0.702. The molecule has 1 aliphatic heterocycles. The van der Waals surface area contributed by atoms with E-state index in [2.05, 4.69) is 10.6 Å². The van der Waals surface area contributed by atoms with Crippen LogP contribution in [0.5, 0.6) is 5.75 Å². The highest BCUT2D eigenvalue weighted by Gasteiger charge is 2.23. The summed E-state index contributed by atoms with van der Waals surface area (Å²) in [6.45, 7) is 3.09. The summed E-state index contributed by atoms with van der Waals surface area (Å²) in [6.07, 6.45) is 0.878. The number of benzene rings is 2. The number of amides is 1. The highest BCUT2D eigenvalue weighted by atomic mass is 19.1. The van der Waals surface area contributed by atoms with Gasteiger partial charge in [-0.15, -0.1) is 0 Å². The first-order valence-electron chi connectivity index (χ1n) is 9.13. The van der Waals surface area contributed by atoms with Crippen molar-refractivity contribution in [2.45, 2.75) is 26.0 Å². The van der Waals surface area contributed by atoms with Gasteiger partial charge in [-0.1, -0.05) is 6.07 Å². The fourth-order valence-electron chi connectivity index (χ4n) is 3.43. The molecule has 146 valence electrons. The van der Waals surface area contributed by atoms with Gasteiger partial charge < -0.3 is 19.8 Å². The number of halogens is 2. The number of carbonyl (C=O) groups excluding carboxylic acids is 1. The van der Waals surface area contributed by atoms with Gasteiger partial charge in [0.15, 0.2) is 0 Å². The summed E-state index contributed by atoms with van der Waals surface area (Å²) in [4.78, 5) is 12.7. The molecule has 1 fully saturated rings. The van der Waals surface area contributed by atoms with Crippen molar-refractivity contribution in [3.63, 3.8) is 0 Å². The van der Waals surface area contributed by atoms with Crippen LogP contribution in [0.3, 0.4) is 0 Å². The summed E-state index contributed by atoms with van der Waals surface area (Å²) < 4.78 is 38.8. The minimum Gasteiger partial charge on any atom is -0.489 e. The largest absolute Gasteiger partial charge is 0.489 e. The molecule has 4 rings (SSSR count). The van der Waals surface area contributed by atoms with Crippen molar-refractivity contribution in [1.29, 1.82) is 0 Å². The molecule has 0 radical (unpaired) electrons. The molecule has 1 aliphatic rings. The fraction of sp³-hybridized carbons (Fsp3) is 0.286. The van der Waals surface area contributed by atoms with Crippen LogP contribution in [0.25, 0.3) is 11.0 Å². The monoisotopic (exact) mass is 386 g/mol. The van der Waals surface area contributed by atoms with Gasteiger partial charge in [0.25, 0.3) is 5.91 Å². The minimum absolute atomic E-state index is 0.0836. The SMILES string of the molecule is Cc1oc2ccc(OCc3c(F)cccc3F)cc2c1C(=O)N[C@H]1CCNC1. The van der Waals surface area contributed by atoms with E-state index in [1.54, 1.807) is 25.1 Å². The maximum Gasteiger partial charge on any atom is 0.255 e. The number of hydrogen-bond acceptors (Lipinski definition) is 4. The van der Waals surface area contributed by atoms with E-state index in [0.717, 1.165) is 19.5 Å². The second-order valence-corrected chi connectivity index (χ2v) is 6.84. The summed E-state index contributed by atoms with van der Waals surface area (Å²) in [5.74, 6) is -0.624. The van der Waals surface area contributed by atoms with E-state index in [4.69, 9.17) is 9.15 Å². The molecule has 0 bridgehead atoms. The summed E-state index contributed by atoms with van der Waals surface area (Å²) in [7, 11) is 0. The topological polar surface area (TPSA) is 63.5 Å². The number of aryl methyl sites for hydroxylation is 1. The standard InChI is InChI=1S/C21H20F2N2O3/c1-12-20(21(26)25-13-7-8-24-10-13)15-9-14(5-6-19(15)28-12)27-11-16-17(22)3-2-4-18(16)23/h2-6,9,13,24H,7-8,10-11H2,1H3,(H,25,26)/t13-/m0/s1. The molecular formula is C21H20F2N2O3. The molecule has 1 saturated heterocycles. The zero-order chi connectivity index (χ0) is 19.7. The van der Waals surface area contributed by atoms with Gasteiger partial charge in [0, 0.05) is 18.0 Å². The van der Waals surface area contributed by atoms with Crippen LogP contribution in [0.15, 0.2) is 40.8 Å². The maximum atomic E-state index is 13.8. The second-order valence-electron chi connectivity index (χ2n) is 6.84. The van der Waals surface area contributed by atoms with Gasteiger partial charge in [-0.2, -0.15) is 0 Å². The molecule has 1 amide bonds. The van der Waals surface area contributed by atoms with Crippen LogP contribution in [0, 0.1) is 18.6 Å². The molecule has 7 heteroatoms. The molecule has 5 nitrogen and oxygen atoms in total. The van der Waals surface area contributed by atoms with E-state index >= 15 is 0 Å². The third kappa shape index (κ3) is 3.57. The van der Waals surface area contributed by atoms with Crippen LogP contribution < -0.4 is 15.4 Å². The third-order valence-corrected chi connectivity index (χ3v) is 4.90.